The summed E-state index contributed by atoms with van der Waals surface area (Å²) in [5.74, 6) is 2.31. The Balaban J connectivity index is 1.80. The van der Waals surface area contributed by atoms with Gasteiger partial charge < -0.3 is 14.5 Å². The molecule has 0 saturated carbocycles. The number of para-hydroxylation sites is 1. The van der Waals surface area contributed by atoms with Crippen LogP contribution in [0.2, 0.25) is 0 Å². The number of imidazole rings is 1. The molecule has 0 saturated heterocycles. The van der Waals surface area contributed by atoms with Gasteiger partial charge in [-0.2, -0.15) is 0 Å². The number of aromatic amines is 1. The van der Waals surface area contributed by atoms with Gasteiger partial charge in [-0.15, -0.1) is 0 Å². The maximum absolute atomic E-state index is 5.83. The molecule has 3 aromatic rings. The zero-order valence-corrected chi connectivity index (χ0v) is 11.5. The number of aromatic nitrogens is 3. The van der Waals surface area contributed by atoms with Crippen molar-refractivity contribution in [2.75, 3.05) is 13.7 Å². The number of hydrogen-bond acceptors (Lipinski definition) is 4. The van der Waals surface area contributed by atoms with Crippen molar-refractivity contribution < 1.29 is 9.47 Å². The van der Waals surface area contributed by atoms with Gasteiger partial charge in [-0.1, -0.05) is 12.1 Å². The Labute approximate surface area is 121 Å². The Kier molecular flexibility index (Phi) is 2.64. The van der Waals surface area contributed by atoms with Crippen LogP contribution in [0.25, 0.3) is 22.8 Å². The largest absolute Gasteiger partial charge is 0.493 e. The average Bonchev–Trinajstić information content (AvgIpc) is 2.97. The molecule has 0 atom stereocenters. The minimum absolute atomic E-state index is 0.452. The monoisotopic (exact) mass is 279 g/mol. The highest BCUT2D eigenvalue weighted by Crippen LogP contribution is 2.37. The molecule has 21 heavy (non-hydrogen) atoms. The van der Waals surface area contributed by atoms with Crippen molar-refractivity contribution in [1.82, 2.24) is 15.0 Å². The van der Waals surface area contributed by atoms with Crippen molar-refractivity contribution in [3.8, 4) is 11.5 Å². The lowest BCUT2D eigenvalue weighted by molar-refractivity contribution is 0.327. The third-order valence-electron chi connectivity index (χ3n) is 3.49. The zero-order valence-electron chi connectivity index (χ0n) is 11.5. The lowest BCUT2D eigenvalue weighted by Gasteiger charge is -2.18. The molecule has 0 bridgehead atoms. The highest BCUT2D eigenvalue weighted by Gasteiger charge is 2.18. The number of methoxy groups -OCH3 is 1. The summed E-state index contributed by atoms with van der Waals surface area (Å²) in [4.78, 5) is 12.0. The molecular weight excluding hydrogens is 266 g/mol. The minimum Gasteiger partial charge on any atom is -0.493 e. The number of pyridine rings is 1. The van der Waals surface area contributed by atoms with E-state index in [1.807, 2.05) is 30.3 Å². The number of rotatable bonds is 2. The minimum atomic E-state index is 0.452. The fourth-order valence-electron chi connectivity index (χ4n) is 2.47. The molecule has 0 amide bonds. The molecular formula is C16H13N3O2. The van der Waals surface area contributed by atoms with Crippen LogP contribution in [-0.4, -0.2) is 28.7 Å². The molecule has 104 valence electrons. The van der Waals surface area contributed by atoms with Crippen LogP contribution < -0.4 is 9.47 Å². The second-order valence-corrected chi connectivity index (χ2v) is 4.80. The number of hydrogen-bond donors (Lipinski definition) is 1. The summed E-state index contributed by atoms with van der Waals surface area (Å²) in [6.45, 7) is 0.452. The summed E-state index contributed by atoms with van der Waals surface area (Å²) >= 11 is 0. The molecule has 5 nitrogen and oxygen atoms in total. The summed E-state index contributed by atoms with van der Waals surface area (Å²) in [5.41, 5.74) is 3.62. The number of H-pyrrole nitrogens is 1. The number of fused-ring (bicyclic) bond motifs is 2. The Morgan fingerprint density at radius 3 is 3.05 bits per heavy atom. The quantitative estimate of drug-likeness (QED) is 0.783. The van der Waals surface area contributed by atoms with Crippen LogP contribution in [0.5, 0.6) is 11.5 Å². The van der Waals surface area contributed by atoms with Crippen molar-refractivity contribution in [1.29, 1.82) is 0 Å². The van der Waals surface area contributed by atoms with Crippen LogP contribution in [0.1, 0.15) is 11.4 Å². The topological polar surface area (TPSA) is 60.0 Å². The SMILES string of the molecule is COc1cccc2c1OCC(c1nc3ncccc3[nH]1)=C2. The van der Waals surface area contributed by atoms with Gasteiger partial charge in [-0.05, 0) is 24.3 Å². The molecule has 1 aliphatic heterocycles. The maximum atomic E-state index is 5.83. The molecule has 2 aromatic heterocycles. The lowest BCUT2D eigenvalue weighted by atomic mass is 10.1. The van der Waals surface area contributed by atoms with Crippen LogP contribution in [-0.2, 0) is 0 Å². The first-order valence-electron chi connectivity index (χ1n) is 6.66. The van der Waals surface area contributed by atoms with Gasteiger partial charge in [-0.25, -0.2) is 9.97 Å². The fraction of sp³-hybridized carbons (Fsp3) is 0.125. The lowest BCUT2D eigenvalue weighted by Crippen LogP contribution is -2.08. The summed E-state index contributed by atoms with van der Waals surface area (Å²) < 4.78 is 11.1. The van der Waals surface area contributed by atoms with Crippen LogP contribution >= 0.6 is 0 Å². The average molecular weight is 279 g/mol. The Morgan fingerprint density at radius 1 is 1.24 bits per heavy atom. The maximum Gasteiger partial charge on any atom is 0.178 e. The molecule has 0 radical (unpaired) electrons. The standard InChI is InChI=1S/C16H13N3O2/c1-20-13-6-2-4-10-8-11(9-21-14(10)13)15-18-12-5-3-7-17-16(12)19-15/h2-8H,9H2,1H3,(H,17,18,19). The number of nitrogens with one attached hydrogen (secondary N) is 1. The first kappa shape index (κ1) is 12.0. The van der Waals surface area contributed by atoms with E-state index in [0.717, 1.165) is 34.0 Å². The Hall–Kier alpha value is -2.82. The normalized spacial score (nSPS) is 13.5. The molecule has 0 spiro atoms. The number of nitrogens with zero attached hydrogens (tertiary/aromatic N) is 2. The van der Waals surface area contributed by atoms with E-state index in [0.29, 0.717) is 12.3 Å². The van der Waals surface area contributed by atoms with E-state index in [9.17, 15) is 0 Å². The van der Waals surface area contributed by atoms with Crippen molar-refractivity contribution >= 4 is 22.8 Å². The Bertz CT molecular complexity index is 819. The Morgan fingerprint density at radius 2 is 2.19 bits per heavy atom. The van der Waals surface area contributed by atoms with Gasteiger partial charge in [-0.3, -0.25) is 0 Å². The van der Waals surface area contributed by atoms with Gasteiger partial charge in [0.25, 0.3) is 0 Å². The molecule has 1 N–H and O–H groups in total. The van der Waals surface area contributed by atoms with Crippen LogP contribution in [0.15, 0.2) is 36.5 Å². The summed E-state index contributed by atoms with van der Waals surface area (Å²) in [6.07, 6.45) is 3.80. The second-order valence-electron chi connectivity index (χ2n) is 4.80. The molecule has 0 aliphatic carbocycles. The third kappa shape index (κ3) is 1.94. The number of benzene rings is 1. The predicted octanol–water partition coefficient (Wildman–Crippen LogP) is 2.90. The zero-order chi connectivity index (χ0) is 14.2. The van der Waals surface area contributed by atoms with E-state index in [2.05, 4.69) is 21.0 Å². The summed E-state index contributed by atoms with van der Waals surface area (Å²) in [7, 11) is 1.64. The van der Waals surface area contributed by atoms with Gasteiger partial charge in [0.2, 0.25) is 0 Å². The highest BCUT2D eigenvalue weighted by atomic mass is 16.5. The van der Waals surface area contributed by atoms with E-state index in [1.54, 1.807) is 13.3 Å². The molecule has 4 rings (SSSR count). The van der Waals surface area contributed by atoms with Crippen molar-refractivity contribution in [2.45, 2.75) is 0 Å². The van der Waals surface area contributed by atoms with Crippen LogP contribution in [0, 0.1) is 0 Å². The summed E-state index contributed by atoms with van der Waals surface area (Å²) in [6, 6.07) is 9.68. The number of ether oxygens (including phenoxy) is 2. The third-order valence-corrected chi connectivity index (χ3v) is 3.49. The van der Waals surface area contributed by atoms with Crippen molar-refractivity contribution in [3.63, 3.8) is 0 Å². The molecule has 0 fully saturated rings. The highest BCUT2D eigenvalue weighted by molar-refractivity contribution is 5.86. The van der Waals surface area contributed by atoms with E-state index in [1.165, 1.54) is 0 Å². The van der Waals surface area contributed by atoms with Crippen LogP contribution in [0.4, 0.5) is 0 Å². The van der Waals surface area contributed by atoms with Gasteiger partial charge in [0.15, 0.2) is 17.1 Å². The summed E-state index contributed by atoms with van der Waals surface area (Å²) in [5, 5.41) is 0. The smallest absolute Gasteiger partial charge is 0.178 e. The van der Waals surface area contributed by atoms with E-state index < -0.39 is 0 Å². The van der Waals surface area contributed by atoms with Gasteiger partial charge in [0, 0.05) is 17.3 Å². The van der Waals surface area contributed by atoms with Crippen LogP contribution in [0.3, 0.4) is 0 Å². The molecule has 0 unspecified atom stereocenters. The molecule has 1 aliphatic rings. The van der Waals surface area contributed by atoms with Gasteiger partial charge in [0.05, 0.1) is 12.6 Å². The first-order chi connectivity index (χ1) is 10.3. The van der Waals surface area contributed by atoms with Gasteiger partial charge >= 0.3 is 0 Å². The fourth-order valence-corrected chi connectivity index (χ4v) is 2.47. The molecule has 3 heterocycles. The van der Waals surface area contributed by atoms with Gasteiger partial charge in [0.1, 0.15) is 12.4 Å². The van der Waals surface area contributed by atoms with Crippen molar-refractivity contribution in [3.05, 3.63) is 47.9 Å². The van der Waals surface area contributed by atoms with E-state index in [-0.39, 0.29) is 0 Å². The molecule has 5 heteroatoms. The van der Waals surface area contributed by atoms with E-state index in [4.69, 9.17) is 9.47 Å². The predicted molar refractivity (Wildman–Crippen MR) is 80.2 cm³/mol. The van der Waals surface area contributed by atoms with E-state index >= 15 is 0 Å². The second kappa shape index (κ2) is 4.63. The first-order valence-corrected chi connectivity index (χ1v) is 6.66. The van der Waals surface area contributed by atoms with Crippen molar-refractivity contribution in [2.24, 2.45) is 0 Å². The molecule has 1 aromatic carbocycles.